The molecule has 0 amide bonds. The van der Waals surface area contributed by atoms with Gasteiger partial charge in [0.25, 0.3) is 0 Å². The molecule has 0 unspecified atom stereocenters. The standard InChI is InChI=1S/C20H13F3N2O/c21-20(22,23)14-9-10-17-16(11-14)24-12-25(17)18-8-4-7-15(19(18)26)13-5-2-1-3-6-13/h1-12,26H. The lowest BCUT2D eigenvalue weighted by Gasteiger charge is -2.12. The Morgan fingerprint density at radius 1 is 0.885 bits per heavy atom. The highest BCUT2D eigenvalue weighted by Crippen LogP contribution is 2.36. The second-order valence-corrected chi connectivity index (χ2v) is 5.86. The van der Waals surface area contributed by atoms with Crippen molar-refractivity contribution in [2.24, 2.45) is 0 Å². The van der Waals surface area contributed by atoms with Crippen molar-refractivity contribution in [3.63, 3.8) is 0 Å². The number of phenols is 1. The van der Waals surface area contributed by atoms with Gasteiger partial charge >= 0.3 is 6.18 Å². The highest BCUT2D eigenvalue weighted by molar-refractivity contribution is 5.81. The first-order chi connectivity index (χ1) is 12.4. The summed E-state index contributed by atoms with van der Waals surface area (Å²) < 4.78 is 40.2. The lowest BCUT2D eigenvalue weighted by atomic mass is 10.0. The van der Waals surface area contributed by atoms with Crippen molar-refractivity contribution in [2.75, 3.05) is 0 Å². The predicted molar refractivity (Wildman–Crippen MR) is 93.2 cm³/mol. The number of phenolic OH excluding ortho intramolecular Hbond substituents is 1. The number of halogens is 3. The van der Waals surface area contributed by atoms with Gasteiger partial charge in [0.05, 0.1) is 22.3 Å². The van der Waals surface area contributed by atoms with Gasteiger partial charge in [-0.1, -0.05) is 42.5 Å². The van der Waals surface area contributed by atoms with Gasteiger partial charge in [0.1, 0.15) is 12.1 Å². The molecule has 26 heavy (non-hydrogen) atoms. The number of nitrogens with zero attached hydrogens (tertiary/aromatic N) is 2. The van der Waals surface area contributed by atoms with Crippen LogP contribution < -0.4 is 0 Å². The molecule has 1 N–H and O–H groups in total. The Kier molecular flexibility index (Phi) is 3.68. The first-order valence-corrected chi connectivity index (χ1v) is 7.87. The molecular weight excluding hydrogens is 341 g/mol. The number of fused-ring (bicyclic) bond motifs is 1. The summed E-state index contributed by atoms with van der Waals surface area (Å²) in [5.74, 6) is 0.0397. The molecule has 0 saturated carbocycles. The quantitative estimate of drug-likeness (QED) is 0.522. The predicted octanol–water partition coefficient (Wildman–Crippen LogP) is 5.42. The number of imidazole rings is 1. The molecule has 0 spiro atoms. The zero-order valence-electron chi connectivity index (χ0n) is 13.4. The minimum atomic E-state index is -4.42. The Hall–Kier alpha value is -3.28. The fraction of sp³-hybridized carbons (Fsp3) is 0.0500. The first kappa shape index (κ1) is 16.2. The number of aromatic hydroxyl groups is 1. The summed E-state index contributed by atoms with van der Waals surface area (Å²) in [6.07, 6.45) is -3.01. The van der Waals surface area contributed by atoms with Crippen LogP contribution in [-0.2, 0) is 6.18 Å². The molecule has 130 valence electrons. The minimum Gasteiger partial charge on any atom is -0.505 e. The van der Waals surface area contributed by atoms with Gasteiger partial charge in [-0.3, -0.25) is 4.57 Å². The van der Waals surface area contributed by atoms with Crippen molar-refractivity contribution in [3.8, 4) is 22.6 Å². The minimum absolute atomic E-state index is 0.0397. The van der Waals surface area contributed by atoms with E-state index in [-0.39, 0.29) is 11.3 Å². The number of alkyl halides is 3. The Morgan fingerprint density at radius 3 is 2.38 bits per heavy atom. The van der Waals surface area contributed by atoms with Crippen LogP contribution in [-0.4, -0.2) is 14.7 Å². The summed E-state index contributed by atoms with van der Waals surface area (Å²) in [4.78, 5) is 4.06. The lowest BCUT2D eigenvalue weighted by molar-refractivity contribution is -0.137. The highest BCUT2D eigenvalue weighted by atomic mass is 19.4. The number of rotatable bonds is 2. The molecule has 1 aromatic heterocycles. The third kappa shape index (κ3) is 2.69. The molecule has 3 aromatic carbocycles. The van der Waals surface area contributed by atoms with Crippen LogP contribution in [0.25, 0.3) is 27.8 Å². The molecule has 0 aliphatic heterocycles. The van der Waals surface area contributed by atoms with Gasteiger partial charge in [-0.25, -0.2) is 4.98 Å². The average Bonchev–Trinajstić information content (AvgIpc) is 3.05. The zero-order valence-corrected chi connectivity index (χ0v) is 13.4. The van der Waals surface area contributed by atoms with Crippen LogP contribution in [0.2, 0.25) is 0 Å². The zero-order chi connectivity index (χ0) is 18.3. The van der Waals surface area contributed by atoms with Crippen LogP contribution in [0.15, 0.2) is 73.1 Å². The van der Waals surface area contributed by atoms with Gasteiger partial charge in [0.2, 0.25) is 0 Å². The van der Waals surface area contributed by atoms with E-state index in [1.165, 1.54) is 12.4 Å². The molecular formula is C20H13F3N2O. The molecule has 0 radical (unpaired) electrons. The van der Waals surface area contributed by atoms with Crippen LogP contribution in [0.3, 0.4) is 0 Å². The van der Waals surface area contributed by atoms with Gasteiger partial charge in [-0.15, -0.1) is 0 Å². The normalized spacial score (nSPS) is 11.8. The lowest BCUT2D eigenvalue weighted by Crippen LogP contribution is -2.04. The number of benzene rings is 3. The van der Waals surface area contributed by atoms with Crippen LogP contribution in [0.4, 0.5) is 13.2 Å². The van der Waals surface area contributed by atoms with E-state index in [4.69, 9.17) is 0 Å². The Morgan fingerprint density at radius 2 is 1.65 bits per heavy atom. The maximum Gasteiger partial charge on any atom is 0.416 e. The summed E-state index contributed by atoms with van der Waals surface area (Å²) in [5.41, 5.74) is 1.88. The van der Waals surface area contributed by atoms with E-state index in [1.807, 2.05) is 30.3 Å². The summed E-state index contributed by atoms with van der Waals surface area (Å²) in [6.45, 7) is 0. The van der Waals surface area contributed by atoms with E-state index < -0.39 is 11.7 Å². The Labute approximate surface area is 147 Å². The molecule has 0 bridgehead atoms. The topological polar surface area (TPSA) is 38.0 Å². The van der Waals surface area contributed by atoms with Crippen LogP contribution >= 0.6 is 0 Å². The maximum atomic E-state index is 12.9. The third-order valence-corrected chi connectivity index (χ3v) is 4.23. The molecule has 6 heteroatoms. The molecule has 4 aromatic rings. The van der Waals surface area contributed by atoms with E-state index in [9.17, 15) is 18.3 Å². The molecule has 3 nitrogen and oxygen atoms in total. The van der Waals surface area contributed by atoms with Crippen molar-refractivity contribution in [1.29, 1.82) is 0 Å². The number of hydrogen-bond donors (Lipinski definition) is 1. The maximum absolute atomic E-state index is 12.9. The van der Waals surface area contributed by atoms with Crippen molar-refractivity contribution < 1.29 is 18.3 Å². The van der Waals surface area contributed by atoms with E-state index in [0.717, 1.165) is 17.7 Å². The highest BCUT2D eigenvalue weighted by Gasteiger charge is 2.31. The summed E-state index contributed by atoms with van der Waals surface area (Å²) in [7, 11) is 0. The fourth-order valence-electron chi connectivity index (χ4n) is 2.96. The molecule has 1 heterocycles. The van der Waals surface area contributed by atoms with E-state index in [2.05, 4.69) is 4.98 Å². The van der Waals surface area contributed by atoms with Crippen LogP contribution in [0, 0.1) is 0 Å². The molecule has 0 aliphatic rings. The van der Waals surface area contributed by atoms with Gasteiger partial charge in [-0.2, -0.15) is 13.2 Å². The number of para-hydroxylation sites is 1. The van der Waals surface area contributed by atoms with Gasteiger partial charge in [-0.05, 0) is 29.8 Å². The van der Waals surface area contributed by atoms with Crippen molar-refractivity contribution in [3.05, 3.63) is 78.6 Å². The molecule has 0 saturated heterocycles. The SMILES string of the molecule is Oc1c(-c2ccccc2)cccc1-n1cnc2cc(C(F)(F)F)ccc21. The number of aromatic nitrogens is 2. The third-order valence-electron chi connectivity index (χ3n) is 4.23. The van der Waals surface area contributed by atoms with Crippen LogP contribution in [0.5, 0.6) is 5.75 Å². The first-order valence-electron chi connectivity index (χ1n) is 7.87. The molecule has 0 atom stereocenters. The smallest absolute Gasteiger partial charge is 0.416 e. The van der Waals surface area contributed by atoms with E-state index in [0.29, 0.717) is 16.8 Å². The van der Waals surface area contributed by atoms with Crippen molar-refractivity contribution >= 4 is 11.0 Å². The summed E-state index contributed by atoms with van der Waals surface area (Å²) in [6, 6.07) is 18.0. The second-order valence-electron chi connectivity index (χ2n) is 5.86. The number of hydrogen-bond acceptors (Lipinski definition) is 2. The van der Waals surface area contributed by atoms with Crippen molar-refractivity contribution in [1.82, 2.24) is 9.55 Å². The van der Waals surface area contributed by atoms with Crippen molar-refractivity contribution in [2.45, 2.75) is 6.18 Å². The second kappa shape index (κ2) is 5.91. The molecule has 0 fully saturated rings. The van der Waals surface area contributed by atoms with E-state index in [1.54, 1.807) is 22.8 Å². The van der Waals surface area contributed by atoms with Gasteiger partial charge < -0.3 is 5.11 Å². The molecule has 0 aliphatic carbocycles. The fourth-order valence-corrected chi connectivity index (χ4v) is 2.96. The van der Waals surface area contributed by atoms with Gasteiger partial charge in [0, 0.05) is 5.56 Å². The average molecular weight is 354 g/mol. The summed E-state index contributed by atoms with van der Waals surface area (Å²) >= 11 is 0. The Balaban J connectivity index is 1.86. The monoisotopic (exact) mass is 354 g/mol. The van der Waals surface area contributed by atoms with Crippen LogP contribution in [0.1, 0.15) is 5.56 Å². The Bertz CT molecular complexity index is 1090. The molecule has 4 rings (SSSR count). The van der Waals surface area contributed by atoms with Gasteiger partial charge in [0.15, 0.2) is 0 Å². The largest absolute Gasteiger partial charge is 0.505 e. The summed E-state index contributed by atoms with van der Waals surface area (Å²) in [5, 5.41) is 10.7. The van der Waals surface area contributed by atoms with E-state index >= 15 is 0 Å².